The van der Waals surface area contributed by atoms with E-state index in [0.29, 0.717) is 0 Å². The third-order valence-corrected chi connectivity index (χ3v) is 0. The number of hydrogen-bond donors (Lipinski definition) is 6. The van der Waals surface area contributed by atoms with Crippen LogP contribution < -0.4 is 0 Å². The van der Waals surface area contributed by atoms with Gasteiger partial charge in [-0.05, 0) is 0 Å². The molecule has 0 rings (SSSR count). The van der Waals surface area contributed by atoms with Gasteiger partial charge in [-0.2, -0.15) is 0 Å². The summed E-state index contributed by atoms with van der Waals surface area (Å²) in [5.74, 6) is 0. The van der Waals surface area contributed by atoms with Crippen molar-refractivity contribution in [1.82, 2.24) is 0 Å². The van der Waals surface area contributed by atoms with Gasteiger partial charge in [0.2, 0.25) is 0 Å². The van der Waals surface area contributed by atoms with Gasteiger partial charge in [0.1, 0.15) is 0 Å². The van der Waals surface area contributed by atoms with Gasteiger partial charge in [-0.3, -0.25) is 0 Å². The molecule has 0 aliphatic heterocycles. The Morgan fingerprint density at radius 1 is 0.412 bits per heavy atom. The van der Waals surface area contributed by atoms with Gasteiger partial charge in [0.25, 0.3) is 0 Å². The Morgan fingerprint density at radius 3 is 0.412 bits per heavy atom. The van der Waals surface area contributed by atoms with E-state index in [1.807, 2.05) is 0 Å². The molecular weight excluding hydrogens is 470 g/mol. The van der Waals surface area contributed by atoms with Gasteiger partial charge in [-0.25, -0.2) is 9.13 Å². The first-order valence-electron chi connectivity index (χ1n) is 1.57. The van der Waals surface area contributed by atoms with Crippen molar-refractivity contribution in [2.45, 2.75) is 0 Å². The number of phosphoric acid groups is 2. The summed E-state index contributed by atoms with van der Waals surface area (Å²) in [7, 11) is -9.28. The molecule has 0 heterocycles. The molecule has 0 aromatic carbocycles. The molecule has 0 unspecified atom stereocenters. The van der Waals surface area contributed by atoms with E-state index in [4.69, 9.17) is 38.5 Å². The Labute approximate surface area is 308 Å². The molecule has 0 fully saturated rings. The van der Waals surface area contributed by atoms with Crippen molar-refractivity contribution in [2.24, 2.45) is 0 Å². The van der Waals surface area contributed by atoms with Crippen molar-refractivity contribution >= 4 is 280 Å². The molecule has 0 aliphatic carbocycles. The predicted molar refractivity (Wildman–Crippen MR) is 88.3 cm³/mol. The van der Waals surface area contributed by atoms with Crippen molar-refractivity contribution < 1.29 is 38.5 Å². The van der Waals surface area contributed by atoms with Gasteiger partial charge in [-0.15, -0.1) is 0 Å². The molecule has 0 radical (unpaired) electrons. The van der Waals surface area contributed by atoms with Gasteiger partial charge in [-0.1, -0.05) is 0 Å². The van der Waals surface area contributed by atoms with E-state index in [1.165, 1.54) is 0 Å². The van der Waals surface area contributed by atoms with Crippen molar-refractivity contribution in [3.05, 3.63) is 0 Å². The molecule has 0 aliphatic rings. The molecule has 0 aromatic heterocycles. The zero-order valence-corrected chi connectivity index (χ0v) is 6.18. The van der Waals surface area contributed by atoms with Crippen LogP contribution in [-0.2, 0) is 9.13 Å². The van der Waals surface area contributed by atoms with Gasteiger partial charge >= 0.3 is 280 Å². The van der Waals surface area contributed by atoms with Crippen molar-refractivity contribution in [1.29, 1.82) is 0 Å². The van der Waals surface area contributed by atoms with Crippen LogP contribution in [0.5, 0.6) is 0 Å². The summed E-state index contributed by atoms with van der Waals surface area (Å²) in [6.07, 6.45) is 0. The van der Waals surface area contributed by atoms with Crippen LogP contribution in [0.1, 0.15) is 0 Å². The van der Waals surface area contributed by atoms with Gasteiger partial charge in [0.15, 0.2) is 0 Å². The molecule has 0 bridgehead atoms. The molecule has 0 atom stereocenters. The Hall–Kier alpha value is 9.04. The van der Waals surface area contributed by atoms with Crippen LogP contribution in [0.4, 0.5) is 0 Å². The minimum atomic E-state index is -4.64. The first-order chi connectivity index (χ1) is 4.00. The Bertz CT molecular complexity index is 136. The first kappa shape index (κ1) is 56.2. The molecule has 0 saturated carbocycles. The van der Waals surface area contributed by atoms with Gasteiger partial charge in [0.05, 0.1) is 0 Å². The summed E-state index contributed by atoms with van der Waals surface area (Å²) >= 11 is 0. The minimum absolute atomic E-state index is 0. The second kappa shape index (κ2) is 32.7. The van der Waals surface area contributed by atoms with Crippen molar-refractivity contribution in [3.8, 4) is 0 Å². The molecular formula is H20Ca7O8P2. The van der Waals surface area contributed by atoms with Crippen molar-refractivity contribution in [2.75, 3.05) is 0 Å². The molecule has 17 heteroatoms. The predicted octanol–water partition coefficient (Wildman–Crippen LogP) is -8.27. The monoisotopic (exact) mass is 490 g/mol. The van der Waals surface area contributed by atoms with Gasteiger partial charge in [0, 0.05) is 0 Å². The summed E-state index contributed by atoms with van der Waals surface area (Å²) in [4.78, 5) is 43.1. The van der Waals surface area contributed by atoms with Gasteiger partial charge < -0.3 is 29.4 Å². The molecule has 92 valence electrons. The summed E-state index contributed by atoms with van der Waals surface area (Å²) in [5, 5.41) is 0. The van der Waals surface area contributed by atoms with E-state index in [-0.39, 0.29) is 264 Å². The summed E-state index contributed by atoms with van der Waals surface area (Å²) in [5.41, 5.74) is 0. The first-order valence-corrected chi connectivity index (χ1v) is 4.70. The molecule has 0 amide bonds. The molecule has 6 N–H and O–H groups in total. The normalized spacial score (nSPS) is 6.94. The fourth-order valence-corrected chi connectivity index (χ4v) is 0. The molecule has 8 nitrogen and oxygen atoms in total. The zero-order chi connectivity index (χ0) is 9.00. The number of hydrogen-bond acceptors (Lipinski definition) is 2. The van der Waals surface area contributed by atoms with Crippen LogP contribution in [-0.4, -0.2) is 294 Å². The second-order valence-electron chi connectivity index (χ2n) is 1.03. The average Bonchev–Trinajstić information content (AvgIpc) is 1.12. The second-order valence-corrected chi connectivity index (χ2v) is 3.08. The summed E-state index contributed by atoms with van der Waals surface area (Å²) in [6.45, 7) is 0. The van der Waals surface area contributed by atoms with E-state index in [2.05, 4.69) is 0 Å². The standard InChI is InChI=1S/7Ca.2H3O4P.14H/c;;;;;;;2*1-5(2,3)4;;;;;;;;;;;;;;/h;;;;;;;2*(H3,1,2,3,4);;;;;;;;;;;;;;. The zero-order valence-electron chi connectivity index (χ0n) is 4.39. The van der Waals surface area contributed by atoms with Crippen LogP contribution in [0, 0.1) is 0 Å². The van der Waals surface area contributed by atoms with Crippen molar-refractivity contribution in [3.63, 3.8) is 0 Å². The summed E-state index contributed by atoms with van der Waals surface area (Å²) in [6, 6.07) is 0. The average molecular weight is 491 g/mol. The third-order valence-electron chi connectivity index (χ3n) is 0. The SMILES string of the molecule is O=P(O)(O)O.O=P(O)(O)O.[CaH2].[CaH2].[CaH2].[CaH2].[CaH2].[CaH2].[CaH2]. The van der Waals surface area contributed by atoms with Crippen LogP contribution >= 0.6 is 15.6 Å². The topological polar surface area (TPSA) is 156 Å². The summed E-state index contributed by atoms with van der Waals surface area (Å²) < 4.78 is 17.8. The van der Waals surface area contributed by atoms with E-state index >= 15 is 0 Å². The van der Waals surface area contributed by atoms with E-state index in [1.54, 1.807) is 0 Å². The fourth-order valence-electron chi connectivity index (χ4n) is 0. The number of rotatable bonds is 0. The van der Waals surface area contributed by atoms with Crippen LogP contribution in [0.3, 0.4) is 0 Å². The molecule has 0 aromatic rings. The molecule has 0 spiro atoms. The third kappa shape index (κ3) is 163. The Balaban J connectivity index is -0.00000000762. The van der Waals surface area contributed by atoms with E-state index in [9.17, 15) is 0 Å². The Morgan fingerprint density at radius 2 is 0.412 bits per heavy atom. The maximum atomic E-state index is 8.88. The molecule has 17 heavy (non-hydrogen) atoms. The van der Waals surface area contributed by atoms with Crippen LogP contribution in [0.15, 0.2) is 0 Å². The van der Waals surface area contributed by atoms with E-state index in [0.717, 1.165) is 0 Å². The fraction of sp³-hybridized carbons (Fsp3) is 0. The molecule has 0 saturated heterocycles. The quantitative estimate of drug-likeness (QED) is 0.144. The van der Waals surface area contributed by atoms with Crippen LogP contribution in [0.2, 0.25) is 0 Å². The maximum absolute atomic E-state index is 8.88. The van der Waals surface area contributed by atoms with Crippen LogP contribution in [0.25, 0.3) is 0 Å². The Kier molecular flexibility index (Phi) is 108. The van der Waals surface area contributed by atoms with E-state index < -0.39 is 15.6 Å².